The number of aromatic nitrogens is 3. The van der Waals surface area contributed by atoms with E-state index >= 15 is 0 Å². The van der Waals surface area contributed by atoms with Crippen molar-refractivity contribution >= 4 is 28.4 Å². The van der Waals surface area contributed by atoms with Gasteiger partial charge in [0.15, 0.2) is 5.76 Å². The number of imidazole rings is 1. The number of hydrogen-bond acceptors (Lipinski definition) is 5. The highest BCUT2D eigenvalue weighted by Gasteiger charge is 2.24. The molecule has 0 aliphatic carbocycles. The summed E-state index contributed by atoms with van der Waals surface area (Å²) in [7, 11) is 0. The highest BCUT2D eigenvalue weighted by Crippen LogP contribution is 2.30. The molecule has 7 nitrogen and oxygen atoms in total. The van der Waals surface area contributed by atoms with Crippen LogP contribution in [0.25, 0.3) is 22.4 Å². The molecule has 2 aromatic carbocycles. The van der Waals surface area contributed by atoms with Crippen molar-refractivity contribution in [3.63, 3.8) is 0 Å². The number of H-pyrrole nitrogens is 1. The van der Waals surface area contributed by atoms with Crippen molar-refractivity contribution in [2.45, 2.75) is 0 Å². The smallest absolute Gasteiger partial charge is 0.265 e. The average Bonchev–Trinajstić information content (AvgIpc) is 3.52. The van der Waals surface area contributed by atoms with Gasteiger partial charge in [-0.3, -0.25) is 9.78 Å². The van der Waals surface area contributed by atoms with E-state index in [1.165, 1.54) is 4.90 Å². The molecular weight excluding hydrogens is 390 g/mol. The van der Waals surface area contributed by atoms with Gasteiger partial charge in [0, 0.05) is 11.6 Å². The fraction of sp³-hybridized carbons (Fsp3) is 0. The Hall–Kier alpha value is -4.70. The number of rotatable bonds is 4. The van der Waals surface area contributed by atoms with Crippen molar-refractivity contribution in [3.05, 3.63) is 96.5 Å². The van der Waals surface area contributed by atoms with Crippen LogP contribution in [-0.4, -0.2) is 20.9 Å². The van der Waals surface area contributed by atoms with Crippen LogP contribution in [0, 0.1) is 11.3 Å². The molecule has 0 fully saturated rings. The molecule has 0 bridgehead atoms. The molecule has 0 radical (unpaired) electrons. The molecule has 5 aromatic rings. The van der Waals surface area contributed by atoms with Crippen LogP contribution in [0.1, 0.15) is 15.9 Å². The quantitative estimate of drug-likeness (QED) is 0.450. The second-order valence-electron chi connectivity index (χ2n) is 6.77. The predicted octanol–water partition coefficient (Wildman–Crippen LogP) is 5.07. The van der Waals surface area contributed by atoms with Gasteiger partial charge in [0.2, 0.25) is 5.95 Å². The maximum atomic E-state index is 13.8. The third-order valence-corrected chi connectivity index (χ3v) is 4.90. The first-order valence-electron chi connectivity index (χ1n) is 9.52. The van der Waals surface area contributed by atoms with Gasteiger partial charge in [-0.05, 0) is 48.5 Å². The number of amides is 1. The van der Waals surface area contributed by atoms with Crippen LogP contribution in [0.4, 0.5) is 11.6 Å². The topological polar surface area (TPSA) is 98.8 Å². The Bertz CT molecular complexity index is 1410. The van der Waals surface area contributed by atoms with Crippen LogP contribution >= 0.6 is 0 Å². The normalized spacial score (nSPS) is 10.7. The van der Waals surface area contributed by atoms with Crippen LogP contribution in [0.2, 0.25) is 0 Å². The zero-order valence-corrected chi connectivity index (χ0v) is 16.2. The Morgan fingerprint density at radius 2 is 1.84 bits per heavy atom. The largest absolute Gasteiger partial charge is 0.463 e. The monoisotopic (exact) mass is 405 g/mol. The second kappa shape index (κ2) is 7.61. The van der Waals surface area contributed by atoms with Crippen molar-refractivity contribution in [2.24, 2.45) is 0 Å². The van der Waals surface area contributed by atoms with Crippen molar-refractivity contribution in [3.8, 4) is 17.5 Å². The molecule has 0 atom stereocenters. The minimum absolute atomic E-state index is 0.274. The van der Waals surface area contributed by atoms with Crippen LogP contribution in [-0.2, 0) is 0 Å². The minimum atomic E-state index is -0.274. The first kappa shape index (κ1) is 18.3. The Morgan fingerprint density at radius 1 is 1.00 bits per heavy atom. The Morgan fingerprint density at radius 3 is 2.61 bits per heavy atom. The summed E-state index contributed by atoms with van der Waals surface area (Å²) >= 11 is 0. The van der Waals surface area contributed by atoms with Gasteiger partial charge in [-0.25, -0.2) is 9.88 Å². The van der Waals surface area contributed by atoms with Crippen LogP contribution in [0.5, 0.6) is 0 Å². The number of benzene rings is 2. The molecule has 1 N–H and O–H groups in total. The van der Waals surface area contributed by atoms with Gasteiger partial charge in [0.1, 0.15) is 5.69 Å². The molecule has 0 saturated heterocycles. The SMILES string of the molecule is N#Cc1ccc(N(C(=O)c2ccnc3ccccc23)c2ncc(-c3ccco3)[nH]2)cc1. The molecule has 5 rings (SSSR count). The van der Waals surface area contributed by atoms with E-state index in [-0.39, 0.29) is 5.91 Å². The third-order valence-electron chi connectivity index (χ3n) is 4.90. The third kappa shape index (κ3) is 3.32. The molecule has 0 aliphatic rings. The lowest BCUT2D eigenvalue weighted by Gasteiger charge is -2.21. The average molecular weight is 405 g/mol. The lowest BCUT2D eigenvalue weighted by Crippen LogP contribution is -2.27. The number of nitrogens with zero attached hydrogens (tertiary/aromatic N) is 4. The number of carbonyl (C=O) groups is 1. The highest BCUT2D eigenvalue weighted by atomic mass is 16.3. The number of nitrogens with one attached hydrogen (secondary N) is 1. The van der Waals surface area contributed by atoms with Crippen LogP contribution in [0.3, 0.4) is 0 Å². The number of carbonyl (C=O) groups excluding carboxylic acids is 1. The number of nitriles is 1. The number of hydrogen-bond donors (Lipinski definition) is 1. The Balaban J connectivity index is 1.65. The molecule has 31 heavy (non-hydrogen) atoms. The van der Waals surface area contributed by atoms with Crippen molar-refractivity contribution < 1.29 is 9.21 Å². The number of furan rings is 1. The number of anilines is 2. The molecule has 7 heteroatoms. The molecular formula is C24H15N5O2. The summed E-state index contributed by atoms with van der Waals surface area (Å²) in [5, 5.41) is 9.87. The first-order chi connectivity index (χ1) is 15.2. The van der Waals surface area contributed by atoms with Crippen molar-refractivity contribution in [1.29, 1.82) is 5.26 Å². The van der Waals surface area contributed by atoms with E-state index in [1.54, 1.807) is 55.1 Å². The van der Waals surface area contributed by atoms with Crippen molar-refractivity contribution in [1.82, 2.24) is 15.0 Å². The number of aromatic amines is 1. The molecule has 148 valence electrons. The van der Waals surface area contributed by atoms with Crippen molar-refractivity contribution in [2.75, 3.05) is 4.90 Å². The van der Waals surface area contributed by atoms with Crippen LogP contribution < -0.4 is 4.90 Å². The minimum Gasteiger partial charge on any atom is -0.463 e. The van der Waals surface area contributed by atoms with E-state index in [4.69, 9.17) is 9.68 Å². The molecule has 1 amide bonds. The summed E-state index contributed by atoms with van der Waals surface area (Å²) in [4.78, 5) is 27.2. The number of para-hydroxylation sites is 1. The summed E-state index contributed by atoms with van der Waals surface area (Å²) in [5.74, 6) is 0.672. The molecule has 3 aromatic heterocycles. The summed E-state index contributed by atoms with van der Waals surface area (Å²) in [6.45, 7) is 0. The molecule has 3 heterocycles. The van der Waals surface area contributed by atoms with E-state index < -0.39 is 0 Å². The first-order valence-corrected chi connectivity index (χ1v) is 9.52. The number of fused-ring (bicyclic) bond motifs is 1. The van der Waals surface area contributed by atoms with Gasteiger partial charge in [-0.2, -0.15) is 5.26 Å². The highest BCUT2D eigenvalue weighted by molar-refractivity contribution is 6.16. The van der Waals surface area contributed by atoms with Gasteiger partial charge < -0.3 is 9.40 Å². The van der Waals surface area contributed by atoms with E-state index in [9.17, 15) is 4.79 Å². The lowest BCUT2D eigenvalue weighted by atomic mass is 10.1. The fourth-order valence-corrected chi connectivity index (χ4v) is 3.40. The predicted molar refractivity (Wildman–Crippen MR) is 116 cm³/mol. The summed E-state index contributed by atoms with van der Waals surface area (Å²) < 4.78 is 5.43. The summed E-state index contributed by atoms with van der Waals surface area (Å²) in [5.41, 5.74) is 2.94. The maximum Gasteiger partial charge on any atom is 0.265 e. The fourth-order valence-electron chi connectivity index (χ4n) is 3.40. The van der Waals surface area contributed by atoms with E-state index in [2.05, 4.69) is 21.0 Å². The Labute approximate surface area is 177 Å². The number of pyridine rings is 1. The van der Waals surface area contributed by atoms with E-state index in [0.29, 0.717) is 34.2 Å². The summed E-state index contributed by atoms with van der Waals surface area (Å²) in [6, 6.07) is 21.6. The molecule has 0 saturated carbocycles. The Kier molecular flexibility index (Phi) is 4.50. The summed E-state index contributed by atoms with van der Waals surface area (Å²) in [6.07, 6.45) is 4.80. The van der Waals surface area contributed by atoms with Gasteiger partial charge in [0.05, 0.1) is 40.9 Å². The zero-order valence-electron chi connectivity index (χ0n) is 16.2. The van der Waals surface area contributed by atoms with Gasteiger partial charge in [0.25, 0.3) is 5.91 Å². The lowest BCUT2D eigenvalue weighted by molar-refractivity contribution is 0.0999. The van der Waals surface area contributed by atoms with Gasteiger partial charge in [-0.15, -0.1) is 0 Å². The van der Waals surface area contributed by atoms with E-state index in [0.717, 1.165) is 10.9 Å². The maximum absolute atomic E-state index is 13.8. The van der Waals surface area contributed by atoms with Gasteiger partial charge in [-0.1, -0.05) is 18.2 Å². The molecule has 0 unspecified atom stereocenters. The second-order valence-corrected chi connectivity index (χ2v) is 6.77. The molecule has 0 spiro atoms. The van der Waals surface area contributed by atoms with E-state index in [1.807, 2.05) is 30.3 Å². The van der Waals surface area contributed by atoms with Gasteiger partial charge >= 0.3 is 0 Å². The standard InChI is InChI=1S/C24H15N5O2/c25-14-16-7-9-17(10-8-16)29(24-27-15-21(28-24)22-6-3-13-31-22)23(30)19-11-12-26-20-5-2-1-4-18(19)20/h1-13,15H,(H,27,28). The zero-order chi connectivity index (χ0) is 21.2. The molecule has 0 aliphatic heterocycles. The van der Waals surface area contributed by atoms with Crippen LogP contribution in [0.15, 0.2) is 89.8 Å².